The van der Waals surface area contributed by atoms with Gasteiger partial charge in [0.15, 0.2) is 0 Å². The Hall–Kier alpha value is -2.82. The Labute approximate surface area is 132 Å². The number of nitrogens with one attached hydrogen (secondary N) is 1. The van der Waals surface area contributed by atoms with E-state index in [1.54, 1.807) is 11.0 Å². The standard InChI is InChI=1S/C18H15FN2O2/c19-14-7-6-13-9-17(20-16(13)10-14)21-15(11-23-18(21)22)8-12-4-2-1-3-5-12/h1-7,9-10,15,20H,8,11H2. The Morgan fingerprint density at radius 1 is 1.17 bits per heavy atom. The van der Waals surface area contributed by atoms with E-state index in [4.69, 9.17) is 4.74 Å². The summed E-state index contributed by atoms with van der Waals surface area (Å²) >= 11 is 0. The van der Waals surface area contributed by atoms with Crippen LogP contribution in [0.5, 0.6) is 0 Å². The van der Waals surface area contributed by atoms with Crippen molar-refractivity contribution in [2.45, 2.75) is 12.5 Å². The van der Waals surface area contributed by atoms with Crippen molar-refractivity contribution in [3.05, 3.63) is 66.0 Å². The van der Waals surface area contributed by atoms with Gasteiger partial charge in [0, 0.05) is 10.9 Å². The first-order valence-electron chi connectivity index (χ1n) is 7.49. The molecule has 1 N–H and O–H groups in total. The molecule has 0 spiro atoms. The molecule has 0 aliphatic carbocycles. The van der Waals surface area contributed by atoms with Crippen LogP contribution < -0.4 is 4.90 Å². The molecule has 1 aromatic heterocycles. The summed E-state index contributed by atoms with van der Waals surface area (Å²) in [6, 6.07) is 16.3. The Bertz CT molecular complexity index is 860. The van der Waals surface area contributed by atoms with Crippen molar-refractivity contribution in [1.29, 1.82) is 0 Å². The molecule has 23 heavy (non-hydrogen) atoms. The van der Waals surface area contributed by atoms with Crippen molar-refractivity contribution in [2.24, 2.45) is 0 Å². The molecule has 1 atom stereocenters. The number of nitrogens with zero attached hydrogens (tertiary/aromatic N) is 1. The zero-order valence-corrected chi connectivity index (χ0v) is 12.3. The summed E-state index contributed by atoms with van der Waals surface area (Å²) < 4.78 is 18.6. The summed E-state index contributed by atoms with van der Waals surface area (Å²) in [6.45, 7) is 0.345. The first-order chi connectivity index (χ1) is 11.2. The van der Waals surface area contributed by atoms with E-state index >= 15 is 0 Å². The van der Waals surface area contributed by atoms with Gasteiger partial charge in [0.2, 0.25) is 0 Å². The molecule has 3 aromatic rings. The van der Waals surface area contributed by atoms with Crippen LogP contribution in [0.1, 0.15) is 5.56 Å². The topological polar surface area (TPSA) is 45.3 Å². The molecular weight excluding hydrogens is 295 g/mol. The van der Waals surface area contributed by atoms with Crippen molar-refractivity contribution in [3.63, 3.8) is 0 Å². The van der Waals surface area contributed by atoms with Gasteiger partial charge in [-0.05, 0) is 36.2 Å². The molecule has 2 heterocycles. The highest BCUT2D eigenvalue weighted by molar-refractivity contribution is 5.94. The minimum absolute atomic E-state index is 0.0807. The number of rotatable bonds is 3. The number of carbonyl (C=O) groups excluding carboxylic acids is 1. The van der Waals surface area contributed by atoms with Crippen LogP contribution in [-0.2, 0) is 11.2 Å². The highest BCUT2D eigenvalue weighted by atomic mass is 19.1. The van der Waals surface area contributed by atoms with Crippen molar-refractivity contribution in [2.75, 3.05) is 11.5 Å². The third-order valence-corrected chi connectivity index (χ3v) is 4.11. The molecule has 1 aliphatic heterocycles. The van der Waals surface area contributed by atoms with Gasteiger partial charge in [-0.3, -0.25) is 4.90 Å². The molecule has 1 saturated heterocycles. The highest BCUT2D eigenvalue weighted by Gasteiger charge is 2.35. The fraction of sp³-hybridized carbons (Fsp3) is 0.167. The first-order valence-corrected chi connectivity index (χ1v) is 7.49. The summed E-state index contributed by atoms with van der Waals surface area (Å²) in [4.78, 5) is 16.9. The molecule has 1 fully saturated rings. The number of cyclic esters (lactones) is 1. The van der Waals surface area contributed by atoms with Crippen molar-refractivity contribution in [3.8, 4) is 0 Å². The average molecular weight is 310 g/mol. The van der Waals surface area contributed by atoms with Crippen LogP contribution in [0.4, 0.5) is 15.0 Å². The second-order valence-corrected chi connectivity index (χ2v) is 5.68. The summed E-state index contributed by atoms with van der Waals surface area (Å²) in [5.41, 5.74) is 1.81. The van der Waals surface area contributed by atoms with Gasteiger partial charge in [-0.1, -0.05) is 30.3 Å². The second kappa shape index (κ2) is 5.43. The Kier molecular flexibility index (Phi) is 3.26. The van der Waals surface area contributed by atoms with Gasteiger partial charge in [-0.2, -0.15) is 0 Å². The summed E-state index contributed by atoms with van der Waals surface area (Å²) in [5.74, 6) is 0.324. The smallest absolute Gasteiger partial charge is 0.415 e. The van der Waals surface area contributed by atoms with Crippen molar-refractivity contribution >= 4 is 22.8 Å². The van der Waals surface area contributed by atoms with E-state index in [2.05, 4.69) is 4.98 Å². The first kappa shape index (κ1) is 13.8. The van der Waals surface area contributed by atoms with Crippen LogP contribution in [0.3, 0.4) is 0 Å². The van der Waals surface area contributed by atoms with E-state index < -0.39 is 0 Å². The summed E-state index contributed by atoms with van der Waals surface area (Å²) in [7, 11) is 0. The Balaban J connectivity index is 1.67. The predicted octanol–water partition coefficient (Wildman–Crippen LogP) is 3.87. The Morgan fingerprint density at radius 3 is 2.83 bits per heavy atom. The molecule has 1 unspecified atom stereocenters. The maximum absolute atomic E-state index is 13.3. The number of fused-ring (bicyclic) bond motifs is 1. The lowest BCUT2D eigenvalue weighted by Gasteiger charge is -2.19. The largest absolute Gasteiger partial charge is 0.447 e. The van der Waals surface area contributed by atoms with E-state index in [0.29, 0.717) is 24.4 Å². The minimum Gasteiger partial charge on any atom is -0.447 e. The van der Waals surface area contributed by atoms with Crippen molar-refractivity contribution in [1.82, 2.24) is 4.98 Å². The number of ether oxygens (including phenoxy) is 1. The van der Waals surface area contributed by atoms with Crippen molar-refractivity contribution < 1.29 is 13.9 Å². The number of halogens is 1. The molecule has 1 aliphatic rings. The number of aromatic amines is 1. The van der Waals surface area contributed by atoms with E-state index in [9.17, 15) is 9.18 Å². The quantitative estimate of drug-likeness (QED) is 0.798. The van der Waals surface area contributed by atoms with E-state index in [-0.39, 0.29) is 18.0 Å². The molecule has 116 valence electrons. The maximum atomic E-state index is 13.3. The molecule has 4 rings (SSSR count). The molecule has 2 aromatic carbocycles. The second-order valence-electron chi connectivity index (χ2n) is 5.68. The van der Waals surface area contributed by atoms with Gasteiger partial charge in [0.05, 0.1) is 6.04 Å². The molecule has 5 heteroatoms. The fourth-order valence-electron chi connectivity index (χ4n) is 3.01. The van der Waals surface area contributed by atoms with Gasteiger partial charge in [0.25, 0.3) is 0 Å². The number of anilines is 1. The van der Waals surface area contributed by atoms with Gasteiger partial charge in [0.1, 0.15) is 18.2 Å². The SMILES string of the molecule is O=C1OCC(Cc2ccccc2)N1c1cc2ccc(F)cc2[nH]1. The molecule has 0 radical (unpaired) electrons. The number of H-pyrrole nitrogens is 1. The van der Waals surface area contributed by atoms with Gasteiger partial charge >= 0.3 is 6.09 Å². The van der Waals surface area contributed by atoms with Crippen LogP contribution in [0.25, 0.3) is 10.9 Å². The Morgan fingerprint density at radius 2 is 2.00 bits per heavy atom. The number of benzene rings is 2. The van der Waals surface area contributed by atoms with Crippen LogP contribution in [-0.4, -0.2) is 23.7 Å². The fourth-order valence-corrected chi connectivity index (χ4v) is 3.01. The summed E-state index contributed by atoms with van der Waals surface area (Å²) in [6.07, 6.45) is 0.328. The van der Waals surface area contributed by atoms with E-state index in [0.717, 1.165) is 10.9 Å². The van der Waals surface area contributed by atoms with E-state index in [1.165, 1.54) is 12.1 Å². The molecule has 4 nitrogen and oxygen atoms in total. The molecule has 0 saturated carbocycles. The lowest BCUT2D eigenvalue weighted by atomic mass is 10.1. The van der Waals surface area contributed by atoms with Crippen LogP contribution in [0.15, 0.2) is 54.6 Å². The highest BCUT2D eigenvalue weighted by Crippen LogP contribution is 2.28. The monoisotopic (exact) mass is 310 g/mol. The minimum atomic E-state index is -0.377. The van der Waals surface area contributed by atoms with Gasteiger partial charge in [-0.25, -0.2) is 9.18 Å². The lowest BCUT2D eigenvalue weighted by Crippen LogP contribution is -2.35. The average Bonchev–Trinajstić information content (AvgIpc) is 3.11. The maximum Gasteiger partial charge on any atom is 0.415 e. The van der Waals surface area contributed by atoms with Gasteiger partial charge < -0.3 is 9.72 Å². The number of carbonyl (C=O) groups is 1. The number of hydrogen-bond acceptors (Lipinski definition) is 2. The van der Waals surface area contributed by atoms with Crippen LogP contribution in [0, 0.1) is 5.82 Å². The zero-order chi connectivity index (χ0) is 15.8. The predicted molar refractivity (Wildman–Crippen MR) is 86.0 cm³/mol. The van der Waals surface area contributed by atoms with Crippen LogP contribution >= 0.6 is 0 Å². The molecule has 0 bridgehead atoms. The van der Waals surface area contributed by atoms with E-state index in [1.807, 2.05) is 36.4 Å². The molecular formula is C18H15FN2O2. The number of amides is 1. The number of hydrogen-bond donors (Lipinski definition) is 1. The van der Waals surface area contributed by atoms with Crippen LogP contribution in [0.2, 0.25) is 0 Å². The summed E-state index contributed by atoms with van der Waals surface area (Å²) in [5, 5.41) is 0.861. The van der Waals surface area contributed by atoms with Gasteiger partial charge in [-0.15, -0.1) is 0 Å². The molecule has 1 amide bonds. The third-order valence-electron chi connectivity index (χ3n) is 4.11. The normalized spacial score (nSPS) is 17.7. The zero-order valence-electron chi connectivity index (χ0n) is 12.3. The number of aromatic nitrogens is 1. The third kappa shape index (κ3) is 2.54. The lowest BCUT2D eigenvalue weighted by molar-refractivity contribution is 0.178.